The predicted molar refractivity (Wildman–Crippen MR) is 62.6 cm³/mol. The normalized spacial score (nSPS) is 11.5. The first kappa shape index (κ1) is 15.7. The van der Waals surface area contributed by atoms with Gasteiger partial charge in [-0.3, -0.25) is 0 Å². The van der Waals surface area contributed by atoms with E-state index in [-0.39, 0.29) is 18.6 Å². The first-order valence-corrected chi connectivity index (χ1v) is 5.72. The molecule has 0 rings (SSSR count). The summed E-state index contributed by atoms with van der Waals surface area (Å²) in [6.07, 6.45) is -1.11. The Morgan fingerprint density at radius 3 is 2.06 bits per heavy atom. The van der Waals surface area contributed by atoms with E-state index in [9.17, 15) is 9.59 Å². The highest BCUT2D eigenvalue weighted by Crippen LogP contribution is 2.14. The van der Waals surface area contributed by atoms with Crippen molar-refractivity contribution in [3.8, 4) is 0 Å². The van der Waals surface area contributed by atoms with Crippen molar-refractivity contribution in [3.63, 3.8) is 0 Å². The number of hydrogen-bond acceptors (Lipinski definition) is 5. The molecule has 0 bridgehead atoms. The van der Waals surface area contributed by atoms with Gasteiger partial charge in [0.25, 0.3) is 0 Å². The molecule has 17 heavy (non-hydrogen) atoms. The fourth-order valence-corrected chi connectivity index (χ4v) is 0.870. The first-order valence-electron chi connectivity index (χ1n) is 5.72. The number of rotatable bonds is 5. The van der Waals surface area contributed by atoms with Gasteiger partial charge in [-0.05, 0) is 33.6 Å². The van der Waals surface area contributed by atoms with E-state index in [1.807, 2.05) is 13.8 Å². The second-order valence-corrected chi connectivity index (χ2v) is 5.02. The van der Waals surface area contributed by atoms with Gasteiger partial charge in [-0.15, -0.1) is 0 Å². The van der Waals surface area contributed by atoms with Crippen LogP contribution in [0, 0.1) is 5.92 Å². The summed E-state index contributed by atoms with van der Waals surface area (Å²) in [5, 5.41) is 0. The summed E-state index contributed by atoms with van der Waals surface area (Å²) in [5.74, 6) is -0.373. The highest BCUT2D eigenvalue weighted by Gasteiger charge is 2.35. The molecule has 5 nitrogen and oxygen atoms in total. The third kappa shape index (κ3) is 6.81. The molecular weight excluding hydrogens is 224 g/mol. The van der Waals surface area contributed by atoms with E-state index in [2.05, 4.69) is 0 Å². The van der Waals surface area contributed by atoms with Crippen LogP contribution in [0.1, 0.15) is 41.5 Å². The van der Waals surface area contributed by atoms with E-state index >= 15 is 0 Å². The fraction of sp³-hybridized carbons (Fsp3) is 0.833. The Morgan fingerprint density at radius 2 is 1.65 bits per heavy atom. The van der Waals surface area contributed by atoms with Crippen molar-refractivity contribution in [3.05, 3.63) is 0 Å². The molecule has 0 N–H and O–H groups in total. The number of ether oxygens (including phenoxy) is 3. The summed E-state index contributed by atoms with van der Waals surface area (Å²) >= 11 is 0. The van der Waals surface area contributed by atoms with Gasteiger partial charge in [-0.25, -0.2) is 9.59 Å². The average molecular weight is 246 g/mol. The van der Waals surface area contributed by atoms with Crippen LogP contribution in [-0.2, 0) is 19.0 Å². The van der Waals surface area contributed by atoms with Gasteiger partial charge in [0.05, 0.1) is 12.7 Å². The monoisotopic (exact) mass is 246 g/mol. The average Bonchev–Trinajstić information content (AvgIpc) is 2.12. The van der Waals surface area contributed by atoms with E-state index in [1.54, 1.807) is 13.8 Å². The Hall–Kier alpha value is -1.26. The highest BCUT2D eigenvalue weighted by atomic mass is 16.7. The van der Waals surface area contributed by atoms with Gasteiger partial charge in [0.1, 0.15) is 0 Å². The van der Waals surface area contributed by atoms with Crippen LogP contribution in [0.2, 0.25) is 0 Å². The first-order chi connectivity index (χ1) is 7.65. The lowest BCUT2D eigenvalue weighted by Crippen LogP contribution is -2.40. The molecule has 0 aliphatic heterocycles. The van der Waals surface area contributed by atoms with Crippen molar-refractivity contribution < 1.29 is 23.8 Å². The molecule has 0 saturated carbocycles. The fourth-order valence-electron chi connectivity index (χ4n) is 0.870. The zero-order valence-corrected chi connectivity index (χ0v) is 11.4. The maximum Gasteiger partial charge on any atom is 0.509 e. The predicted octanol–water partition coefficient (Wildman–Crippen LogP) is 2.53. The third-order valence-electron chi connectivity index (χ3n) is 1.71. The summed E-state index contributed by atoms with van der Waals surface area (Å²) in [7, 11) is 0. The van der Waals surface area contributed by atoms with Crippen molar-refractivity contribution in [1.82, 2.24) is 0 Å². The molecule has 0 aromatic carbocycles. The number of carbonyl (C=O) groups is 2. The Bertz CT molecular complexity index is 268. The van der Waals surface area contributed by atoms with Crippen LogP contribution in [0.15, 0.2) is 0 Å². The maximum absolute atomic E-state index is 11.6. The lowest BCUT2D eigenvalue weighted by atomic mass is 10.1. The molecule has 0 aromatic rings. The molecule has 0 fully saturated rings. The minimum absolute atomic E-state index is 0.216. The van der Waals surface area contributed by atoms with E-state index in [0.29, 0.717) is 0 Å². The van der Waals surface area contributed by atoms with Crippen molar-refractivity contribution in [2.24, 2.45) is 5.92 Å². The molecule has 100 valence electrons. The summed E-state index contributed by atoms with van der Waals surface area (Å²) in [6.45, 7) is 10.5. The van der Waals surface area contributed by atoms with Crippen LogP contribution in [0.25, 0.3) is 0 Å². The van der Waals surface area contributed by atoms with Gasteiger partial charge in [-0.2, -0.15) is 0 Å². The molecule has 0 radical (unpaired) electrons. The van der Waals surface area contributed by atoms with E-state index in [4.69, 9.17) is 14.2 Å². The number of carbonyl (C=O) groups excluding carboxylic acids is 2. The second kappa shape index (κ2) is 6.47. The summed E-state index contributed by atoms with van der Waals surface area (Å²) in [4.78, 5) is 22.9. The van der Waals surface area contributed by atoms with Gasteiger partial charge in [0.2, 0.25) is 5.60 Å². The molecule has 0 saturated heterocycles. The van der Waals surface area contributed by atoms with Gasteiger partial charge in [0.15, 0.2) is 0 Å². The maximum atomic E-state index is 11.6. The standard InChI is InChI=1S/C12H22O5/c1-8(2)7-15-11(14)17-12(5,6)10(13)16-9(3)4/h8-9H,7H2,1-6H3. The van der Waals surface area contributed by atoms with Crippen molar-refractivity contribution in [2.45, 2.75) is 53.2 Å². The smallest absolute Gasteiger partial charge is 0.460 e. The van der Waals surface area contributed by atoms with Crippen molar-refractivity contribution in [1.29, 1.82) is 0 Å². The molecule has 0 amide bonds. The quantitative estimate of drug-likeness (QED) is 0.697. The summed E-state index contributed by atoms with van der Waals surface area (Å²) in [6, 6.07) is 0. The van der Waals surface area contributed by atoms with Gasteiger partial charge in [-0.1, -0.05) is 13.8 Å². The minimum atomic E-state index is -1.33. The Morgan fingerprint density at radius 1 is 1.12 bits per heavy atom. The molecule has 0 unspecified atom stereocenters. The van der Waals surface area contributed by atoms with E-state index in [1.165, 1.54) is 13.8 Å². The van der Waals surface area contributed by atoms with Gasteiger partial charge in [0, 0.05) is 0 Å². The van der Waals surface area contributed by atoms with Crippen LogP contribution >= 0.6 is 0 Å². The van der Waals surface area contributed by atoms with Crippen LogP contribution < -0.4 is 0 Å². The van der Waals surface area contributed by atoms with Crippen molar-refractivity contribution in [2.75, 3.05) is 6.61 Å². The highest BCUT2D eigenvalue weighted by molar-refractivity contribution is 5.81. The van der Waals surface area contributed by atoms with Crippen LogP contribution in [-0.4, -0.2) is 30.4 Å². The Kier molecular flexibility index (Phi) is 5.99. The second-order valence-electron chi connectivity index (χ2n) is 5.02. The number of hydrogen-bond donors (Lipinski definition) is 0. The topological polar surface area (TPSA) is 61.8 Å². The van der Waals surface area contributed by atoms with Gasteiger partial charge < -0.3 is 14.2 Å². The lowest BCUT2D eigenvalue weighted by molar-refractivity contribution is -0.168. The summed E-state index contributed by atoms with van der Waals surface area (Å²) in [5.41, 5.74) is -1.33. The Balaban J connectivity index is 4.23. The molecule has 0 heterocycles. The molecule has 0 atom stereocenters. The Labute approximate surface area is 102 Å². The van der Waals surface area contributed by atoms with Crippen molar-refractivity contribution >= 4 is 12.1 Å². The zero-order valence-electron chi connectivity index (χ0n) is 11.4. The molecule has 0 aliphatic carbocycles. The van der Waals surface area contributed by atoms with Crippen LogP contribution in [0.3, 0.4) is 0 Å². The van der Waals surface area contributed by atoms with Crippen LogP contribution in [0.4, 0.5) is 4.79 Å². The molecule has 0 aliphatic rings. The van der Waals surface area contributed by atoms with E-state index in [0.717, 1.165) is 0 Å². The van der Waals surface area contributed by atoms with Crippen LogP contribution in [0.5, 0.6) is 0 Å². The largest absolute Gasteiger partial charge is 0.509 e. The summed E-state index contributed by atoms with van der Waals surface area (Å²) < 4.78 is 14.7. The molecular formula is C12H22O5. The zero-order chi connectivity index (χ0) is 13.6. The number of esters is 1. The third-order valence-corrected chi connectivity index (χ3v) is 1.71. The minimum Gasteiger partial charge on any atom is -0.460 e. The van der Waals surface area contributed by atoms with Gasteiger partial charge >= 0.3 is 12.1 Å². The lowest BCUT2D eigenvalue weighted by Gasteiger charge is -2.23. The van der Waals surface area contributed by atoms with E-state index < -0.39 is 17.7 Å². The molecule has 0 aromatic heterocycles. The molecule has 5 heteroatoms. The SMILES string of the molecule is CC(C)COC(=O)OC(C)(C)C(=O)OC(C)C. The molecule has 0 spiro atoms.